The van der Waals surface area contributed by atoms with Gasteiger partial charge in [-0.3, -0.25) is 4.79 Å². The third-order valence-electron chi connectivity index (χ3n) is 2.83. The number of hydrogen-bond donors (Lipinski definition) is 0. The van der Waals surface area contributed by atoms with Crippen LogP contribution in [0.2, 0.25) is 0 Å². The van der Waals surface area contributed by atoms with Crippen molar-refractivity contribution in [3.63, 3.8) is 0 Å². The number of methoxy groups -OCH3 is 1. The Morgan fingerprint density at radius 3 is 2.65 bits per heavy atom. The summed E-state index contributed by atoms with van der Waals surface area (Å²) in [5.74, 6) is -0.279. The van der Waals surface area contributed by atoms with Crippen LogP contribution < -0.4 is 0 Å². The molecule has 0 bridgehead atoms. The Labute approximate surface area is 121 Å². The summed E-state index contributed by atoms with van der Waals surface area (Å²) in [6, 6.07) is 8.08. The molecule has 0 aliphatic carbocycles. The molecule has 0 aliphatic heterocycles. The minimum atomic E-state index is -0.368. The smallest absolute Gasteiger partial charge is 0.319 e. The molecule has 0 spiro atoms. The number of ether oxygens (including phenoxy) is 1. The number of aryl methyl sites for hydroxylation is 2. The van der Waals surface area contributed by atoms with Crippen molar-refractivity contribution < 1.29 is 9.53 Å². The standard InChI is InChI=1S/C13H16N4O2S/c1-9-4-6-10(7-5-9)8-11(12(18)19-3)20-13-14-15-16-17(13)2/h4-7,11H,8H2,1-3H3/t11-/m0/s1. The van der Waals surface area contributed by atoms with Gasteiger partial charge in [-0.15, -0.1) is 5.10 Å². The molecule has 106 valence electrons. The summed E-state index contributed by atoms with van der Waals surface area (Å²) >= 11 is 1.31. The van der Waals surface area contributed by atoms with Crippen LogP contribution in [0, 0.1) is 6.92 Å². The first-order chi connectivity index (χ1) is 9.60. The molecule has 2 aromatic rings. The summed E-state index contributed by atoms with van der Waals surface area (Å²) in [6.07, 6.45) is 0.574. The van der Waals surface area contributed by atoms with Gasteiger partial charge in [0.2, 0.25) is 5.16 Å². The highest BCUT2D eigenvalue weighted by molar-refractivity contribution is 8.00. The molecule has 0 N–H and O–H groups in total. The van der Waals surface area contributed by atoms with E-state index in [1.807, 2.05) is 31.2 Å². The molecule has 0 radical (unpaired) electrons. The van der Waals surface area contributed by atoms with Crippen molar-refractivity contribution >= 4 is 17.7 Å². The van der Waals surface area contributed by atoms with Crippen LogP contribution in [0.1, 0.15) is 11.1 Å². The third-order valence-corrected chi connectivity index (χ3v) is 4.04. The van der Waals surface area contributed by atoms with Crippen molar-refractivity contribution in [3.8, 4) is 0 Å². The Bertz CT molecular complexity index is 582. The van der Waals surface area contributed by atoms with Gasteiger partial charge in [0.05, 0.1) is 7.11 Å². The van der Waals surface area contributed by atoms with Crippen molar-refractivity contribution in [1.82, 2.24) is 20.2 Å². The first-order valence-corrected chi connectivity index (χ1v) is 7.00. The Kier molecular flexibility index (Phi) is 4.73. The Hall–Kier alpha value is -1.89. The van der Waals surface area contributed by atoms with Gasteiger partial charge in [0, 0.05) is 7.05 Å². The molecule has 0 saturated carbocycles. The van der Waals surface area contributed by atoms with Gasteiger partial charge in [0.15, 0.2) is 0 Å². The molecule has 1 aromatic carbocycles. The first kappa shape index (κ1) is 14.5. The number of esters is 1. The molecule has 0 unspecified atom stereocenters. The number of hydrogen-bond acceptors (Lipinski definition) is 6. The monoisotopic (exact) mass is 292 g/mol. The highest BCUT2D eigenvalue weighted by atomic mass is 32.2. The van der Waals surface area contributed by atoms with E-state index < -0.39 is 0 Å². The summed E-state index contributed by atoms with van der Waals surface area (Å²) in [5, 5.41) is 11.4. The Balaban J connectivity index is 2.13. The molecule has 1 aromatic heterocycles. The van der Waals surface area contributed by atoms with Gasteiger partial charge in [0.25, 0.3) is 0 Å². The minimum Gasteiger partial charge on any atom is -0.468 e. The van der Waals surface area contributed by atoms with E-state index in [0.717, 1.165) is 5.56 Å². The van der Waals surface area contributed by atoms with Crippen LogP contribution in [0.4, 0.5) is 0 Å². The van der Waals surface area contributed by atoms with Crippen LogP contribution in [0.5, 0.6) is 0 Å². The predicted molar refractivity (Wildman–Crippen MR) is 75.3 cm³/mol. The molecular formula is C13H16N4O2S. The lowest BCUT2D eigenvalue weighted by atomic mass is 10.1. The number of tetrazole rings is 1. The van der Waals surface area contributed by atoms with Gasteiger partial charge < -0.3 is 4.74 Å². The number of nitrogens with zero attached hydrogens (tertiary/aromatic N) is 4. The number of carbonyl (C=O) groups is 1. The Morgan fingerprint density at radius 2 is 2.10 bits per heavy atom. The molecule has 0 saturated heterocycles. The fourth-order valence-electron chi connectivity index (χ4n) is 1.69. The lowest BCUT2D eigenvalue weighted by molar-refractivity contribution is -0.139. The molecule has 7 heteroatoms. The molecule has 1 atom stereocenters. The SMILES string of the molecule is COC(=O)[C@H](Cc1ccc(C)cc1)Sc1nnnn1C. The highest BCUT2D eigenvalue weighted by Gasteiger charge is 2.23. The van der Waals surface area contributed by atoms with Gasteiger partial charge in [-0.2, -0.15) is 0 Å². The average molecular weight is 292 g/mol. The maximum atomic E-state index is 11.9. The van der Waals surface area contributed by atoms with Crippen molar-refractivity contribution in [2.45, 2.75) is 23.8 Å². The van der Waals surface area contributed by atoms with E-state index in [-0.39, 0.29) is 11.2 Å². The quantitative estimate of drug-likeness (QED) is 0.613. The summed E-state index contributed by atoms with van der Waals surface area (Å²) in [5.41, 5.74) is 2.27. The summed E-state index contributed by atoms with van der Waals surface area (Å²) in [4.78, 5) is 11.9. The van der Waals surface area contributed by atoms with E-state index in [0.29, 0.717) is 11.6 Å². The lowest BCUT2D eigenvalue weighted by Crippen LogP contribution is -2.22. The average Bonchev–Trinajstić information content (AvgIpc) is 2.85. The molecular weight excluding hydrogens is 276 g/mol. The lowest BCUT2D eigenvalue weighted by Gasteiger charge is -2.13. The number of thioether (sulfide) groups is 1. The van der Waals surface area contributed by atoms with E-state index in [1.54, 1.807) is 7.05 Å². The molecule has 0 fully saturated rings. The van der Waals surface area contributed by atoms with E-state index in [4.69, 9.17) is 4.74 Å². The maximum absolute atomic E-state index is 11.9. The predicted octanol–water partition coefficient (Wildman–Crippen LogP) is 1.39. The highest BCUT2D eigenvalue weighted by Crippen LogP contribution is 2.24. The Morgan fingerprint density at radius 1 is 1.40 bits per heavy atom. The van der Waals surface area contributed by atoms with Crippen molar-refractivity contribution in [1.29, 1.82) is 0 Å². The van der Waals surface area contributed by atoms with Crippen LogP contribution in [0.3, 0.4) is 0 Å². The number of benzene rings is 1. The van der Waals surface area contributed by atoms with Crippen LogP contribution in [-0.2, 0) is 23.0 Å². The number of carbonyl (C=O) groups excluding carboxylic acids is 1. The molecule has 0 amide bonds. The maximum Gasteiger partial charge on any atom is 0.319 e. The normalized spacial score (nSPS) is 12.2. The molecule has 20 heavy (non-hydrogen) atoms. The second-order valence-corrected chi connectivity index (χ2v) is 5.57. The number of rotatable bonds is 5. The topological polar surface area (TPSA) is 69.9 Å². The zero-order valence-electron chi connectivity index (χ0n) is 11.6. The van der Waals surface area contributed by atoms with Crippen molar-refractivity contribution in [2.24, 2.45) is 7.05 Å². The summed E-state index contributed by atoms with van der Waals surface area (Å²) < 4.78 is 6.40. The van der Waals surface area contributed by atoms with E-state index >= 15 is 0 Å². The minimum absolute atomic E-state index is 0.279. The van der Waals surface area contributed by atoms with Gasteiger partial charge >= 0.3 is 5.97 Å². The molecule has 6 nitrogen and oxygen atoms in total. The molecule has 0 aliphatic rings. The van der Waals surface area contributed by atoms with Crippen LogP contribution in [-0.4, -0.2) is 38.5 Å². The second-order valence-electron chi connectivity index (χ2n) is 4.40. The van der Waals surface area contributed by atoms with Gasteiger partial charge in [-0.05, 0) is 29.3 Å². The van der Waals surface area contributed by atoms with E-state index in [1.165, 1.54) is 29.1 Å². The summed E-state index contributed by atoms with van der Waals surface area (Å²) in [7, 11) is 3.13. The fraction of sp³-hybridized carbons (Fsp3) is 0.385. The fourth-order valence-corrected chi connectivity index (χ4v) is 2.69. The summed E-state index contributed by atoms with van der Waals surface area (Å²) in [6.45, 7) is 2.03. The van der Waals surface area contributed by atoms with Gasteiger partial charge in [0.1, 0.15) is 5.25 Å². The molecule has 2 rings (SSSR count). The largest absolute Gasteiger partial charge is 0.468 e. The van der Waals surface area contributed by atoms with Crippen LogP contribution in [0.25, 0.3) is 0 Å². The van der Waals surface area contributed by atoms with Gasteiger partial charge in [-0.1, -0.05) is 41.6 Å². The van der Waals surface area contributed by atoms with Crippen LogP contribution in [0.15, 0.2) is 29.4 Å². The van der Waals surface area contributed by atoms with E-state index in [2.05, 4.69) is 15.5 Å². The zero-order chi connectivity index (χ0) is 14.5. The first-order valence-electron chi connectivity index (χ1n) is 6.12. The second kappa shape index (κ2) is 6.51. The number of aromatic nitrogens is 4. The van der Waals surface area contributed by atoms with Crippen molar-refractivity contribution in [3.05, 3.63) is 35.4 Å². The van der Waals surface area contributed by atoms with Crippen molar-refractivity contribution in [2.75, 3.05) is 7.11 Å². The van der Waals surface area contributed by atoms with E-state index in [9.17, 15) is 4.79 Å². The molecule has 1 heterocycles. The van der Waals surface area contributed by atoms with Gasteiger partial charge in [-0.25, -0.2) is 4.68 Å². The third kappa shape index (κ3) is 3.57. The zero-order valence-corrected chi connectivity index (χ0v) is 12.4. The van der Waals surface area contributed by atoms with Crippen LogP contribution >= 0.6 is 11.8 Å².